The number of rotatable bonds is 13. The molecule has 0 spiro atoms. The SMILES string of the molecule is CCC[C@H](NC(=O)c1ccc2c(c1)nc(Cc1cccs1)n2C(CC)CC)C(=O)NC(C)CC(C)C. The Morgan fingerprint density at radius 1 is 1.06 bits per heavy atom. The van der Waals surface area contributed by atoms with Gasteiger partial charge in [0.05, 0.1) is 11.0 Å². The van der Waals surface area contributed by atoms with Gasteiger partial charge in [0.1, 0.15) is 11.9 Å². The maximum atomic E-state index is 13.2. The second kappa shape index (κ2) is 13.0. The molecule has 2 amide bonds. The van der Waals surface area contributed by atoms with E-state index in [2.05, 4.69) is 60.4 Å². The average molecular weight is 511 g/mol. The van der Waals surface area contributed by atoms with Crippen molar-refractivity contribution in [2.45, 2.75) is 98.2 Å². The summed E-state index contributed by atoms with van der Waals surface area (Å²) in [5.41, 5.74) is 2.41. The molecular formula is C29H42N4O2S. The maximum Gasteiger partial charge on any atom is 0.252 e. The first-order valence-electron chi connectivity index (χ1n) is 13.4. The Morgan fingerprint density at radius 3 is 2.42 bits per heavy atom. The van der Waals surface area contributed by atoms with Crippen molar-refractivity contribution < 1.29 is 9.59 Å². The van der Waals surface area contributed by atoms with Crippen LogP contribution < -0.4 is 10.6 Å². The fraction of sp³-hybridized carbons (Fsp3) is 0.552. The van der Waals surface area contributed by atoms with E-state index in [1.54, 1.807) is 11.3 Å². The predicted octanol–water partition coefficient (Wildman–Crippen LogP) is 6.50. The van der Waals surface area contributed by atoms with Crippen molar-refractivity contribution in [1.82, 2.24) is 20.2 Å². The Labute approximate surface area is 219 Å². The highest BCUT2D eigenvalue weighted by Crippen LogP contribution is 2.28. The van der Waals surface area contributed by atoms with Crippen molar-refractivity contribution in [1.29, 1.82) is 0 Å². The van der Waals surface area contributed by atoms with Gasteiger partial charge >= 0.3 is 0 Å². The molecule has 7 heteroatoms. The normalized spacial score (nSPS) is 13.3. The quantitative estimate of drug-likeness (QED) is 0.276. The van der Waals surface area contributed by atoms with Crippen LogP contribution in [0.15, 0.2) is 35.7 Å². The molecule has 0 bridgehead atoms. The molecule has 2 aromatic heterocycles. The zero-order valence-electron chi connectivity index (χ0n) is 22.6. The Morgan fingerprint density at radius 2 is 1.81 bits per heavy atom. The lowest BCUT2D eigenvalue weighted by molar-refractivity contribution is -0.123. The molecule has 0 aliphatic heterocycles. The van der Waals surface area contributed by atoms with E-state index in [1.165, 1.54) is 4.88 Å². The number of nitrogens with one attached hydrogen (secondary N) is 2. The van der Waals surface area contributed by atoms with Crippen LogP contribution in [0.1, 0.15) is 101 Å². The van der Waals surface area contributed by atoms with Gasteiger partial charge in [-0.25, -0.2) is 4.98 Å². The first-order valence-corrected chi connectivity index (χ1v) is 14.3. The van der Waals surface area contributed by atoms with Gasteiger partial charge in [0.2, 0.25) is 5.91 Å². The summed E-state index contributed by atoms with van der Waals surface area (Å²) in [6.07, 6.45) is 5.12. The molecule has 1 aromatic carbocycles. The highest BCUT2D eigenvalue weighted by Gasteiger charge is 2.23. The van der Waals surface area contributed by atoms with Gasteiger partial charge in [-0.2, -0.15) is 0 Å². The van der Waals surface area contributed by atoms with Crippen LogP contribution in [0.5, 0.6) is 0 Å². The number of carbonyl (C=O) groups excluding carboxylic acids is 2. The van der Waals surface area contributed by atoms with Crippen molar-refractivity contribution in [3.63, 3.8) is 0 Å². The third kappa shape index (κ3) is 6.96. The molecule has 1 unspecified atom stereocenters. The summed E-state index contributed by atoms with van der Waals surface area (Å²) in [5, 5.41) is 8.14. The molecule has 0 saturated heterocycles. The van der Waals surface area contributed by atoms with Crippen LogP contribution in [0.25, 0.3) is 11.0 Å². The third-order valence-electron chi connectivity index (χ3n) is 6.66. The lowest BCUT2D eigenvalue weighted by Gasteiger charge is -2.22. The number of nitrogens with zero attached hydrogens (tertiary/aromatic N) is 2. The molecule has 2 heterocycles. The van der Waals surface area contributed by atoms with Crippen LogP contribution in [-0.4, -0.2) is 33.4 Å². The van der Waals surface area contributed by atoms with E-state index < -0.39 is 6.04 Å². The van der Waals surface area contributed by atoms with Crippen LogP contribution in [-0.2, 0) is 11.2 Å². The van der Waals surface area contributed by atoms with Crippen LogP contribution in [0.4, 0.5) is 0 Å². The summed E-state index contributed by atoms with van der Waals surface area (Å²) in [5.74, 6) is 1.17. The molecule has 2 N–H and O–H groups in total. The van der Waals surface area contributed by atoms with E-state index in [1.807, 2.05) is 32.0 Å². The standard InChI is InChI=1S/C29H42N4O2S/c1-7-11-24(29(35)30-20(6)16-19(4)5)32-28(34)21-13-14-26-25(17-21)31-27(18-23-12-10-15-36-23)33(26)22(8-2)9-3/h10,12-15,17,19-20,22,24H,7-9,11,16,18H2,1-6H3,(H,30,35)(H,32,34)/t20?,24-/m0/s1. The molecule has 0 aliphatic rings. The van der Waals surface area contributed by atoms with Crippen molar-refractivity contribution in [3.8, 4) is 0 Å². The molecule has 0 aliphatic carbocycles. The highest BCUT2D eigenvalue weighted by atomic mass is 32.1. The summed E-state index contributed by atoms with van der Waals surface area (Å²) >= 11 is 1.74. The second-order valence-electron chi connectivity index (χ2n) is 10.2. The van der Waals surface area contributed by atoms with Gasteiger partial charge in [0.15, 0.2) is 0 Å². The van der Waals surface area contributed by atoms with Gasteiger partial charge in [-0.3, -0.25) is 9.59 Å². The fourth-order valence-electron chi connectivity index (χ4n) is 4.95. The number of hydrogen-bond donors (Lipinski definition) is 2. The minimum Gasteiger partial charge on any atom is -0.352 e. The Balaban J connectivity index is 1.85. The fourth-order valence-corrected chi connectivity index (χ4v) is 5.65. The zero-order chi connectivity index (χ0) is 26.2. The predicted molar refractivity (Wildman–Crippen MR) is 150 cm³/mol. The number of hydrogen-bond acceptors (Lipinski definition) is 4. The van der Waals surface area contributed by atoms with E-state index >= 15 is 0 Å². The van der Waals surface area contributed by atoms with E-state index in [9.17, 15) is 9.59 Å². The van der Waals surface area contributed by atoms with Crippen molar-refractivity contribution in [2.75, 3.05) is 0 Å². The molecule has 3 aromatic rings. The molecule has 3 rings (SSSR count). The highest BCUT2D eigenvalue weighted by molar-refractivity contribution is 7.09. The number of aromatic nitrogens is 2. The number of benzene rings is 1. The van der Waals surface area contributed by atoms with Gasteiger partial charge < -0.3 is 15.2 Å². The van der Waals surface area contributed by atoms with Crippen LogP contribution in [0.2, 0.25) is 0 Å². The smallest absolute Gasteiger partial charge is 0.252 e. The van der Waals surface area contributed by atoms with Crippen molar-refractivity contribution in [3.05, 3.63) is 52.0 Å². The Kier molecular flexibility index (Phi) is 10.1. The molecule has 0 radical (unpaired) electrons. The summed E-state index contributed by atoms with van der Waals surface area (Å²) < 4.78 is 2.35. The van der Waals surface area contributed by atoms with Gasteiger partial charge in [-0.05, 0) is 68.2 Å². The maximum absolute atomic E-state index is 13.2. The largest absolute Gasteiger partial charge is 0.352 e. The topological polar surface area (TPSA) is 76.0 Å². The summed E-state index contributed by atoms with van der Waals surface area (Å²) in [7, 11) is 0. The monoisotopic (exact) mass is 510 g/mol. The van der Waals surface area contributed by atoms with Gasteiger partial charge in [-0.15, -0.1) is 11.3 Å². The second-order valence-corrected chi connectivity index (χ2v) is 11.2. The number of amides is 2. The van der Waals surface area contributed by atoms with Gasteiger partial charge in [0, 0.05) is 28.9 Å². The molecule has 2 atom stereocenters. The average Bonchev–Trinajstić information content (AvgIpc) is 3.46. The van der Waals surface area contributed by atoms with Crippen LogP contribution in [0.3, 0.4) is 0 Å². The Hall–Kier alpha value is -2.67. The van der Waals surface area contributed by atoms with Gasteiger partial charge in [-0.1, -0.05) is 47.1 Å². The van der Waals surface area contributed by atoms with Crippen molar-refractivity contribution >= 4 is 34.2 Å². The first kappa shape index (κ1) is 27.9. The van der Waals surface area contributed by atoms with E-state index in [0.29, 0.717) is 23.9 Å². The number of imidazole rings is 1. The molecule has 36 heavy (non-hydrogen) atoms. The molecule has 196 valence electrons. The minimum atomic E-state index is -0.552. The Bertz CT molecular complexity index is 1130. The lowest BCUT2D eigenvalue weighted by atomic mass is 10.0. The number of thiophene rings is 1. The van der Waals surface area contributed by atoms with Crippen molar-refractivity contribution in [2.24, 2.45) is 5.92 Å². The molecule has 0 fully saturated rings. The summed E-state index contributed by atoms with van der Waals surface area (Å²) in [6, 6.07) is 9.81. The first-order chi connectivity index (χ1) is 17.3. The molecular weight excluding hydrogens is 468 g/mol. The third-order valence-corrected chi connectivity index (χ3v) is 7.53. The molecule has 0 saturated carbocycles. The van der Waals surface area contributed by atoms with Crippen LogP contribution >= 0.6 is 11.3 Å². The number of carbonyl (C=O) groups is 2. The summed E-state index contributed by atoms with van der Waals surface area (Å²) in [4.78, 5) is 32.4. The minimum absolute atomic E-state index is 0.0703. The molecule has 6 nitrogen and oxygen atoms in total. The lowest BCUT2D eigenvalue weighted by Crippen LogP contribution is -2.49. The summed E-state index contributed by atoms with van der Waals surface area (Å²) in [6.45, 7) is 12.7. The van der Waals surface area contributed by atoms with Crippen LogP contribution in [0, 0.1) is 5.92 Å². The van der Waals surface area contributed by atoms with E-state index in [4.69, 9.17) is 4.98 Å². The van der Waals surface area contributed by atoms with Gasteiger partial charge in [0.25, 0.3) is 5.91 Å². The van der Waals surface area contributed by atoms with E-state index in [-0.39, 0.29) is 17.9 Å². The zero-order valence-corrected chi connectivity index (χ0v) is 23.5. The van der Waals surface area contributed by atoms with E-state index in [0.717, 1.165) is 49.0 Å². The number of fused-ring (bicyclic) bond motifs is 1.